The molecule has 1 aromatic heterocycles. The van der Waals surface area contributed by atoms with E-state index in [2.05, 4.69) is 36.3 Å². The highest BCUT2D eigenvalue weighted by Crippen LogP contribution is 2.40. The van der Waals surface area contributed by atoms with Crippen LogP contribution in [0.15, 0.2) is 0 Å². The van der Waals surface area contributed by atoms with E-state index < -0.39 is 0 Å². The van der Waals surface area contributed by atoms with Crippen LogP contribution in [0, 0.1) is 12.3 Å². The minimum Gasteiger partial charge on any atom is -0.313 e. The lowest BCUT2D eigenvalue weighted by molar-refractivity contribution is 0.262. The summed E-state index contributed by atoms with van der Waals surface area (Å²) in [4.78, 5) is 0. The van der Waals surface area contributed by atoms with E-state index in [1.807, 2.05) is 7.05 Å². The van der Waals surface area contributed by atoms with Gasteiger partial charge in [-0.15, -0.1) is 0 Å². The average molecular weight is 193 g/mol. The molecule has 0 saturated carbocycles. The van der Waals surface area contributed by atoms with Crippen LogP contribution >= 0.6 is 0 Å². The third-order valence-electron chi connectivity index (χ3n) is 3.17. The molecular formula is C11H19N3. The molecule has 1 aliphatic carbocycles. The fourth-order valence-corrected chi connectivity index (χ4v) is 2.51. The summed E-state index contributed by atoms with van der Waals surface area (Å²) in [6.07, 6.45) is 2.28. The number of aryl methyl sites for hydroxylation is 1. The Hall–Kier alpha value is -0.830. The molecule has 1 unspecified atom stereocenters. The van der Waals surface area contributed by atoms with Crippen LogP contribution in [0.5, 0.6) is 0 Å². The van der Waals surface area contributed by atoms with E-state index in [0.717, 1.165) is 6.42 Å². The normalized spacial score (nSPS) is 24.7. The molecule has 1 heterocycles. The second-order valence-corrected chi connectivity index (χ2v) is 5.10. The molecule has 1 atom stereocenters. The summed E-state index contributed by atoms with van der Waals surface area (Å²) in [7, 11) is 2.03. The van der Waals surface area contributed by atoms with Gasteiger partial charge in [0.25, 0.3) is 0 Å². The Morgan fingerprint density at radius 2 is 2.21 bits per heavy atom. The Balaban J connectivity index is 2.43. The van der Waals surface area contributed by atoms with Crippen LogP contribution in [0.1, 0.15) is 43.3 Å². The average Bonchev–Trinajstić information content (AvgIpc) is 2.44. The zero-order valence-corrected chi connectivity index (χ0v) is 9.44. The van der Waals surface area contributed by atoms with E-state index >= 15 is 0 Å². The molecule has 78 valence electrons. The van der Waals surface area contributed by atoms with Crippen molar-refractivity contribution >= 4 is 0 Å². The lowest BCUT2D eigenvalue weighted by Crippen LogP contribution is -2.31. The molecule has 0 aromatic carbocycles. The predicted molar refractivity (Wildman–Crippen MR) is 57.2 cm³/mol. The number of H-pyrrole nitrogens is 1. The number of aromatic amines is 1. The van der Waals surface area contributed by atoms with Gasteiger partial charge in [-0.05, 0) is 32.2 Å². The van der Waals surface area contributed by atoms with Crippen LogP contribution in [0.25, 0.3) is 0 Å². The maximum Gasteiger partial charge on any atom is 0.0678 e. The SMILES string of the molecule is CNC1CC(C)(C)Cc2n[nH]c(C)c21. The predicted octanol–water partition coefficient (Wildman–Crippen LogP) is 1.95. The molecule has 1 aliphatic rings. The van der Waals surface area contributed by atoms with Crippen molar-refractivity contribution in [2.24, 2.45) is 5.41 Å². The van der Waals surface area contributed by atoms with Crippen molar-refractivity contribution in [3.8, 4) is 0 Å². The summed E-state index contributed by atoms with van der Waals surface area (Å²) >= 11 is 0. The molecule has 3 heteroatoms. The van der Waals surface area contributed by atoms with Crippen LogP contribution in [0.3, 0.4) is 0 Å². The molecule has 1 aromatic rings. The van der Waals surface area contributed by atoms with Gasteiger partial charge in [-0.1, -0.05) is 13.8 Å². The summed E-state index contributed by atoms with van der Waals surface area (Å²) in [5, 5.41) is 10.9. The van der Waals surface area contributed by atoms with Crippen LogP contribution < -0.4 is 5.32 Å². The lowest BCUT2D eigenvalue weighted by atomic mass is 9.74. The number of nitrogens with one attached hydrogen (secondary N) is 2. The minimum absolute atomic E-state index is 0.363. The fraction of sp³-hybridized carbons (Fsp3) is 0.727. The second kappa shape index (κ2) is 3.09. The van der Waals surface area contributed by atoms with Gasteiger partial charge in [-0.25, -0.2) is 0 Å². The van der Waals surface area contributed by atoms with Gasteiger partial charge in [0.15, 0.2) is 0 Å². The first-order valence-electron chi connectivity index (χ1n) is 5.24. The van der Waals surface area contributed by atoms with Crippen LogP contribution in [-0.2, 0) is 6.42 Å². The summed E-state index contributed by atoms with van der Waals surface area (Å²) in [5.41, 5.74) is 4.22. The lowest BCUT2D eigenvalue weighted by Gasteiger charge is -2.34. The van der Waals surface area contributed by atoms with E-state index in [0.29, 0.717) is 11.5 Å². The van der Waals surface area contributed by atoms with Crippen molar-refractivity contribution in [3.63, 3.8) is 0 Å². The summed E-state index contributed by atoms with van der Waals surface area (Å²) in [6.45, 7) is 6.73. The molecule has 0 aliphatic heterocycles. The van der Waals surface area contributed by atoms with E-state index in [1.165, 1.54) is 23.4 Å². The molecule has 0 spiro atoms. The second-order valence-electron chi connectivity index (χ2n) is 5.10. The Morgan fingerprint density at radius 1 is 1.50 bits per heavy atom. The van der Waals surface area contributed by atoms with E-state index in [-0.39, 0.29) is 0 Å². The first kappa shape index (κ1) is 9.71. The molecule has 0 amide bonds. The highest BCUT2D eigenvalue weighted by molar-refractivity contribution is 5.31. The quantitative estimate of drug-likeness (QED) is 0.715. The van der Waals surface area contributed by atoms with E-state index in [1.54, 1.807) is 0 Å². The number of rotatable bonds is 1. The maximum atomic E-state index is 4.39. The van der Waals surface area contributed by atoms with Gasteiger partial charge in [0.1, 0.15) is 0 Å². The number of hydrogen-bond donors (Lipinski definition) is 2. The standard InChI is InChI=1S/C11H19N3/c1-7-10-8(12-4)5-11(2,3)6-9(10)14-13-7/h8,12H,5-6H2,1-4H3,(H,13,14). The van der Waals surface area contributed by atoms with Crippen molar-refractivity contribution in [2.75, 3.05) is 7.05 Å². The Labute approximate surface area is 85.3 Å². The van der Waals surface area contributed by atoms with Crippen LogP contribution in [0.2, 0.25) is 0 Å². The monoisotopic (exact) mass is 193 g/mol. The van der Waals surface area contributed by atoms with E-state index in [4.69, 9.17) is 0 Å². The third kappa shape index (κ3) is 1.46. The van der Waals surface area contributed by atoms with Gasteiger partial charge in [-0.3, -0.25) is 5.10 Å². The molecular weight excluding hydrogens is 174 g/mol. The van der Waals surface area contributed by atoms with E-state index in [9.17, 15) is 0 Å². The topological polar surface area (TPSA) is 40.7 Å². The number of aromatic nitrogens is 2. The van der Waals surface area contributed by atoms with Gasteiger partial charge in [0.2, 0.25) is 0 Å². The summed E-state index contributed by atoms with van der Waals surface area (Å²) in [5.74, 6) is 0. The van der Waals surface area contributed by atoms with Crippen molar-refractivity contribution in [1.29, 1.82) is 0 Å². The van der Waals surface area contributed by atoms with Crippen LogP contribution in [-0.4, -0.2) is 17.2 Å². The number of hydrogen-bond acceptors (Lipinski definition) is 2. The summed E-state index contributed by atoms with van der Waals surface area (Å²) in [6, 6.07) is 0.465. The van der Waals surface area contributed by atoms with Crippen molar-refractivity contribution in [1.82, 2.24) is 15.5 Å². The molecule has 2 rings (SSSR count). The van der Waals surface area contributed by atoms with Gasteiger partial charge in [0.05, 0.1) is 5.69 Å². The Bertz CT molecular complexity index is 338. The van der Waals surface area contributed by atoms with Crippen molar-refractivity contribution in [2.45, 2.75) is 39.7 Å². The van der Waals surface area contributed by atoms with Crippen molar-refractivity contribution < 1.29 is 0 Å². The highest BCUT2D eigenvalue weighted by atomic mass is 15.1. The first-order chi connectivity index (χ1) is 6.53. The minimum atomic E-state index is 0.363. The Kier molecular flexibility index (Phi) is 2.14. The molecule has 3 nitrogen and oxygen atoms in total. The zero-order chi connectivity index (χ0) is 10.3. The maximum absolute atomic E-state index is 4.39. The smallest absolute Gasteiger partial charge is 0.0678 e. The highest BCUT2D eigenvalue weighted by Gasteiger charge is 2.34. The molecule has 0 radical (unpaired) electrons. The number of nitrogens with zero attached hydrogens (tertiary/aromatic N) is 1. The molecule has 2 N–H and O–H groups in total. The fourth-order valence-electron chi connectivity index (χ4n) is 2.51. The molecule has 0 bridgehead atoms. The van der Waals surface area contributed by atoms with Gasteiger partial charge in [0, 0.05) is 17.3 Å². The Morgan fingerprint density at radius 3 is 2.86 bits per heavy atom. The zero-order valence-electron chi connectivity index (χ0n) is 9.44. The van der Waals surface area contributed by atoms with Gasteiger partial charge < -0.3 is 5.32 Å². The summed E-state index contributed by atoms with van der Waals surface area (Å²) < 4.78 is 0. The molecule has 14 heavy (non-hydrogen) atoms. The van der Waals surface area contributed by atoms with Gasteiger partial charge >= 0.3 is 0 Å². The van der Waals surface area contributed by atoms with Crippen molar-refractivity contribution in [3.05, 3.63) is 17.0 Å². The van der Waals surface area contributed by atoms with Crippen LogP contribution in [0.4, 0.5) is 0 Å². The number of fused-ring (bicyclic) bond motifs is 1. The molecule has 0 fully saturated rings. The molecule has 0 saturated heterocycles. The largest absolute Gasteiger partial charge is 0.313 e. The first-order valence-corrected chi connectivity index (χ1v) is 5.24. The van der Waals surface area contributed by atoms with Gasteiger partial charge in [-0.2, -0.15) is 5.10 Å². The third-order valence-corrected chi connectivity index (χ3v) is 3.17.